The van der Waals surface area contributed by atoms with Crippen LogP contribution in [0.3, 0.4) is 0 Å². The van der Waals surface area contributed by atoms with Crippen molar-refractivity contribution in [3.05, 3.63) is 34.8 Å². The first kappa shape index (κ1) is 15.0. The Morgan fingerprint density at radius 2 is 1.87 bits per heavy atom. The van der Waals surface area contributed by atoms with Crippen molar-refractivity contribution in [2.24, 2.45) is 5.92 Å². The Kier molecular flexibility index (Phi) is 4.25. The Morgan fingerprint density at radius 1 is 1.04 bits per heavy atom. The molecule has 1 saturated heterocycles. The third kappa shape index (κ3) is 3.09. The number of para-hydroxylation sites is 2. The maximum absolute atomic E-state index is 12.3. The minimum Gasteiger partial charge on any atom is -0.408 e. The van der Waals surface area contributed by atoms with Crippen LogP contribution in [0.15, 0.2) is 33.5 Å². The Bertz CT molecular complexity index is 711. The number of likely N-dealkylation sites (tertiary alicyclic amines) is 1. The number of fused-ring (bicyclic) bond motifs is 1. The number of piperidine rings is 1. The van der Waals surface area contributed by atoms with Crippen molar-refractivity contribution in [1.29, 1.82) is 0 Å². The molecule has 1 atom stereocenters. The van der Waals surface area contributed by atoms with Gasteiger partial charge in [0.05, 0.1) is 11.6 Å². The van der Waals surface area contributed by atoms with Crippen LogP contribution in [0.2, 0.25) is 0 Å². The normalized spacial score (nSPS) is 24.3. The van der Waals surface area contributed by atoms with Crippen molar-refractivity contribution in [2.45, 2.75) is 51.0 Å². The van der Waals surface area contributed by atoms with Crippen LogP contribution in [0.4, 0.5) is 0 Å². The summed E-state index contributed by atoms with van der Waals surface area (Å²) in [7, 11) is 0. The molecule has 4 rings (SSSR count). The third-order valence-corrected chi connectivity index (χ3v) is 5.61. The number of nitrogens with zero attached hydrogens (tertiary/aromatic N) is 2. The van der Waals surface area contributed by atoms with Crippen LogP contribution in [0, 0.1) is 5.92 Å². The molecule has 0 N–H and O–H groups in total. The second-order valence-corrected chi connectivity index (χ2v) is 7.27. The average Bonchev–Trinajstić information content (AvgIpc) is 2.92. The monoisotopic (exact) mass is 314 g/mol. The highest BCUT2D eigenvalue weighted by Crippen LogP contribution is 2.28. The maximum Gasteiger partial charge on any atom is 0.420 e. The molecule has 23 heavy (non-hydrogen) atoms. The Labute approximate surface area is 137 Å². The van der Waals surface area contributed by atoms with Gasteiger partial charge < -0.3 is 9.32 Å². The fourth-order valence-corrected chi connectivity index (χ4v) is 4.47. The van der Waals surface area contributed by atoms with E-state index in [2.05, 4.69) is 4.90 Å². The molecule has 4 heteroatoms. The molecule has 1 unspecified atom stereocenters. The van der Waals surface area contributed by atoms with Gasteiger partial charge in [-0.15, -0.1) is 0 Å². The van der Waals surface area contributed by atoms with Crippen molar-refractivity contribution in [1.82, 2.24) is 9.47 Å². The highest BCUT2D eigenvalue weighted by Gasteiger charge is 2.26. The lowest BCUT2D eigenvalue weighted by molar-refractivity contribution is 0.138. The van der Waals surface area contributed by atoms with Gasteiger partial charge in [-0.2, -0.15) is 0 Å². The minimum atomic E-state index is -0.198. The van der Waals surface area contributed by atoms with Crippen molar-refractivity contribution < 1.29 is 4.42 Å². The van der Waals surface area contributed by atoms with Gasteiger partial charge in [-0.1, -0.05) is 31.4 Å². The molecule has 124 valence electrons. The van der Waals surface area contributed by atoms with E-state index in [-0.39, 0.29) is 11.8 Å². The molecule has 2 aliphatic rings. The van der Waals surface area contributed by atoms with Gasteiger partial charge in [0, 0.05) is 13.1 Å². The molecular weight excluding hydrogens is 288 g/mol. The van der Waals surface area contributed by atoms with E-state index < -0.39 is 0 Å². The lowest BCUT2D eigenvalue weighted by Crippen LogP contribution is -2.41. The van der Waals surface area contributed by atoms with E-state index in [1.54, 1.807) is 0 Å². The zero-order chi connectivity index (χ0) is 15.6. The first-order chi connectivity index (χ1) is 11.3. The summed E-state index contributed by atoms with van der Waals surface area (Å²) in [5.74, 6) is 0.663. The largest absolute Gasteiger partial charge is 0.420 e. The predicted molar refractivity (Wildman–Crippen MR) is 91.8 cm³/mol. The van der Waals surface area contributed by atoms with Gasteiger partial charge in [-0.3, -0.25) is 4.57 Å². The minimum absolute atomic E-state index is 0.198. The third-order valence-electron chi connectivity index (χ3n) is 5.61. The number of aromatic nitrogens is 1. The average molecular weight is 314 g/mol. The summed E-state index contributed by atoms with van der Waals surface area (Å²) in [5, 5.41) is 0. The first-order valence-corrected chi connectivity index (χ1v) is 9.14. The lowest BCUT2D eigenvalue weighted by Gasteiger charge is -2.36. The SMILES string of the molecule is O=c1oc2ccccc2n1C1CCCN(CC2CCCCC2)C1. The molecule has 1 aliphatic carbocycles. The highest BCUT2D eigenvalue weighted by molar-refractivity contribution is 5.72. The van der Waals surface area contributed by atoms with Crippen molar-refractivity contribution in [3.8, 4) is 0 Å². The van der Waals surface area contributed by atoms with E-state index in [9.17, 15) is 4.79 Å². The summed E-state index contributed by atoms with van der Waals surface area (Å²) in [6.07, 6.45) is 9.22. The van der Waals surface area contributed by atoms with Crippen LogP contribution < -0.4 is 5.76 Å². The van der Waals surface area contributed by atoms with E-state index in [0.717, 1.165) is 24.4 Å². The van der Waals surface area contributed by atoms with Crippen molar-refractivity contribution >= 4 is 11.1 Å². The second-order valence-electron chi connectivity index (χ2n) is 7.27. The Balaban J connectivity index is 1.52. The molecule has 1 aromatic carbocycles. The van der Waals surface area contributed by atoms with Gasteiger partial charge in [-0.25, -0.2) is 4.79 Å². The molecule has 1 saturated carbocycles. The first-order valence-electron chi connectivity index (χ1n) is 9.14. The quantitative estimate of drug-likeness (QED) is 0.864. The van der Waals surface area contributed by atoms with Gasteiger partial charge in [0.15, 0.2) is 5.58 Å². The van der Waals surface area contributed by atoms with Gasteiger partial charge in [0.2, 0.25) is 0 Å². The summed E-state index contributed by atoms with van der Waals surface area (Å²) < 4.78 is 7.32. The maximum atomic E-state index is 12.3. The standard InChI is InChI=1S/C19H26N2O2/c22-19-21(17-10-4-5-11-18(17)23-19)16-9-6-12-20(14-16)13-15-7-2-1-3-8-15/h4-5,10-11,15-16H,1-3,6-9,12-14H2. The van der Waals surface area contributed by atoms with E-state index in [4.69, 9.17) is 4.42 Å². The summed E-state index contributed by atoms with van der Waals surface area (Å²) in [6.45, 7) is 3.37. The predicted octanol–water partition coefficient (Wildman–Crippen LogP) is 3.81. The summed E-state index contributed by atoms with van der Waals surface area (Å²) in [4.78, 5) is 14.9. The van der Waals surface area contributed by atoms with Crippen LogP contribution in [0.1, 0.15) is 51.0 Å². The molecule has 1 aromatic heterocycles. The molecule has 2 heterocycles. The Hall–Kier alpha value is -1.55. The zero-order valence-electron chi connectivity index (χ0n) is 13.7. The van der Waals surface area contributed by atoms with Gasteiger partial charge >= 0.3 is 5.76 Å². The molecule has 1 aliphatic heterocycles. The molecule has 2 fully saturated rings. The van der Waals surface area contributed by atoms with Crippen LogP contribution in [0.25, 0.3) is 11.1 Å². The van der Waals surface area contributed by atoms with E-state index >= 15 is 0 Å². The molecule has 0 bridgehead atoms. The summed E-state index contributed by atoms with van der Waals surface area (Å²) in [5.41, 5.74) is 1.66. The Morgan fingerprint density at radius 3 is 2.74 bits per heavy atom. The van der Waals surface area contributed by atoms with Crippen LogP contribution in [-0.2, 0) is 0 Å². The van der Waals surface area contributed by atoms with Crippen LogP contribution >= 0.6 is 0 Å². The van der Waals surface area contributed by atoms with Crippen molar-refractivity contribution in [3.63, 3.8) is 0 Å². The number of rotatable bonds is 3. The molecular formula is C19H26N2O2. The highest BCUT2D eigenvalue weighted by atomic mass is 16.4. The second kappa shape index (κ2) is 6.52. The van der Waals surface area contributed by atoms with Gasteiger partial charge in [-0.05, 0) is 50.3 Å². The fraction of sp³-hybridized carbons (Fsp3) is 0.632. The van der Waals surface area contributed by atoms with Crippen molar-refractivity contribution in [2.75, 3.05) is 19.6 Å². The topological polar surface area (TPSA) is 38.4 Å². The number of hydrogen-bond acceptors (Lipinski definition) is 3. The van der Waals surface area contributed by atoms with Crippen LogP contribution in [0.5, 0.6) is 0 Å². The molecule has 0 spiro atoms. The fourth-order valence-electron chi connectivity index (χ4n) is 4.47. The summed E-state index contributed by atoms with van der Waals surface area (Å²) in [6, 6.07) is 8.04. The van der Waals surface area contributed by atoms with E-state index in [1.807, 2.05) is 28.8 Å². The zero-order valence-corrected chi connectivity index (χ0v) is 13.7. The molecule has 2 aromatic rings. The van der Waals surface area contributed by atoms with E-state index in [0.29, 0.717) is 5.58 Å². The number of oxazole rings is 1. The number of benzene rings is 1. The molecule has 0 radical (unpaired) electrons. The smallest absolute Gasteiger partial charge is 0.408 e. The van der Waals surface area contributed by atoms with Gasteiger partial charge in [0.1, 0.15) is 0 Å². The molecule has 0 amide bonds. The molecule has 4 nitrogen and oxygen atoms in total. The van der Waals surface area contributed by atoms with E-state index in [1.165, 1.54) is 51.6 Å². The van der Waals surface area contributed by atoms with Gasteiger partial charge in [0.25, 0.3) is 0 Å². The lowest BCUT2D eigenvalue weighted by atomic mass is 9.88. The number of hydrogen-bond donors (Lipinski definition) is 0. The summed E-state index contributed by atoms with van der Waals surface area (Å²) >= 11 is 0. The van der Waals surface area contributed by atoms with Crippen LogP contribution in [-0.4, -0.2) is 29.1 Å².